The molecule has 128 valence electrons. The van der Waals surface area contributed by atoms with Crippen molar-refractivity contribution >= 4 is 27.7 Å². The number of rotatable bonds is 11. The van der Waals surface area contributed by atoms with Gasteiger partial charge in [0.1, 0.15) is 0 Å². The van der Waals surface area contributed by atoms with Crippen molar-refractivity contribution in [3.05, 3.63) is 28.6 Å². The molecule has 1 nitrogen and oxygen atoms in total. The summed E-state index contributed by atoms with van der Waals surface area (Å²) in [6.07, 6.45) is 12.9. The third-order valence-corrected chi connectivity index (χ3v) is 6.54. The first-order valence-electron chi connectivity index (χ1n) is 9.20. The van der Waals surface area contributed by atoms with Crippen LogP contribution in [0, 0.1) is 0 Å². The van der Waals surface area contributed by atoms with Crippen LogP contribution in [0.15, 0.2) is 17.5 Å². The normalized spacial score (nSPS) is 11.2. The Labute approximate surface area is 149 Å². The second kappa shape index (κ2) is 10.1. The maximum absolute atomic E-state index is 6.24. The predicted octanol–water partition coefficient (Wildman–Crippen LogP) is 7.30. The van der Waals surface area contributed by atoms with E-state index in [2.05, 4.69) is 31.4 Å². The van der Waals surface area contributed by atoms with Gasteiger partial charge in [0.2, 0.25) is 0 Å². The molecule has 2 aromatic heterocycles. The van der Waals surface area contributed by atoms with Gasteiger partial charge in [0.25, 0.3) is 0 Å². The molecule has 2 N–H and O–H groups in total. The molecule has 0 aliphatic rings. The molecular formula is C20H31NS2. The number of hydrogen-bond donors (Lipinski definition) is 1. The fourth-order valence-electron chi connectivity index (χ4n) is 2.89. The number of unbranched alkanes of at least 4 members (excludes halogenated alkanes) is 6. The van der Waals surface area contributed by atoms with Gasteiger partial charge in [-0.3, -0.25) is 0 Å². The van der Waals surface area contributed by atoms with Crippen LogP contribution in [0.25, 0.3) is 9.75 Å². The van der Waals surface area contributed by atoms with Crippen molar-refractivity contribution < 1.29 is 0 Å². The van der Waals surface area contributed by atoms with Crippen LogP contribution in [-0.2, 0) is 12.8 Å². The minimum Gasteiger partial charge on any atom is -0.390 e. The van der Waals surface area contributed by atoms with E-state index >= 15 is 0 Å². The Morgan fingerprint density at radius 3 is 2.22 bits per heavy atom. The average molecular weight is 350 g/mol. The molecule has 0 radical (unpaired) electrons. The molecule has 23 heavy (non-hydrogen) atoms. The van der Waals surface area contributed by atoms with E-state index in [0.29, 0.717) is 0 Å². The zero-order chi connectivity index (χ0) is 16.5. The Morgan fingerprint density at radius 2 is 1.52 bits per heavy atom. The highest BCUT2D eigenvalue weighted by molar-refractivity contribution is 7.23. The van der Waals surface area contributed by atoms with Crippen molar-refractivity contribution in [3.8, 4) is 9.75 Å². The zero-order valence-electron chi connectivity index (χ0n) is 14.7. The molecule has 2 aromatic rings. The largest absolute Gasteiger partial charge is 0.390 e. The molecule has 0 unspecified atom stereocenters. The summed E-state index contributed by atoms with van der Waals surface area (Å²) in [5.74, 6) is 0. The average Bonchev–Trinajstić information content (AvgIpc) is 3.15. The Hall–Kier alpha value is -0.800. The highest BCUT2D eigenvalue weighted by atomic mass is 32.1. The van der Waals surface area contributed by atoms with E-state index in [0.717, 1.165) is 11.4 Å². The first-order valence-corrected chi connectivity index (χ1v) is 10.9. The van der Waals surface area contributed by atoms with Crippen molar-refractivity contribution in [2.75, 3.05) is 5.73 Å². The summed E-state index contributed by atoms with van der Waals surface area (Å²) in [6, 6.07) is 4.71. The lowest BCUT2D eigenvalue weighted by Gasteiger charge is -1.98. The van der Waals surface area contributed by atoms with E-state index in [-0.39, 0.29) is 0 Å². The van der Waals surface area contributed by atoms with Gasteiger partial charge in [0.05, 0.1) is 5.00 Å². The molecule has 2 rings (SSSR count). The molecule has 0 fully saturated rings. The molecule has 0 spiro atoms. The second-order valence-corrected chi connectivity index (χ2v) is 8.44. The number of nitrogens with two attached hydrogens (primary N) is 1. The minimum absolute atomic E-state index is 1.02. The van der Waals surface area contributed by atoms with E-state index in [1.165, 1.54) is 78.7 Å². The molecule has 0 aromatic carbocycles. The predicted molar refractivity (Wildman–Crippen MR) is 108 cm³/mol. The number of anilines is 1. The summed E-state index contributed by atoms with van der Waals surface area (Å²) in [5.41, 5.74) is 9.09. The first-order chi connectivity index (χ1) is 11.2. The number of thiophene rings is 2. The second-order valence-electron chi connectivity index (χ2n) is 6.44. The van der Waals surface area contributed by atoms with Gasteiger partial charge in [-0.15, -0.1) is 22.7 Å². The van der Waals surface area contributed by atoms with Crippen LogP contribution in [0.1, 0.15) is 76.3 Å². The van der Waals surface area contributed by atoms with Crippen LogP contribution in [0.2, 0.25) is 0 Å². The highest BCUT2D eigenvalue weighted by Crippen LogP contribution is 2.37. The fourth-order valence-corrected chi connectivity index (χ4v) is 4.91. The maximum Gasteiger partial charge on any atom is 0.0895 e. The van der Waals surface area contributed by atoms with E-state index in [1.54, 1.807) is 11.3 Å². The van der Waals surface area contributed by atoms with Gasteiger partial charge in [-0.1, -0.05) is 52.4 Å². The Bertz CT molecular complexity index is 568. The van der Waals surface area contributed by atoms with Crippen LogP contribution >= 0.6 is 22.7 Å². The summed E-state index contributed by atoms with van der Waals surface area (Å²) in [5, 5.41) is 3.35. The van der Waals surface area contributed by atoms with E-state index < -0.39 is 0 Å². The Morgan fingerprint density at radius 1 is 0.826 bits per heavy atom. The lowest BCUT2D eigenvalue weighted by Crippen LogP contribution is -1.88. The van der Waals surface area contributed by atoms with Crippen LogP contribution in [0.3, 0.4) is 0 Å². The third kappa shape index (κ3) is 5.96. The third-order valence-electron chi connectivity index (χ3n) is 4.36. The van der Waals surface area contributed by atoms with Crippen molar-refractivity contribution in [1.82, 2.24) is 0 Å². The van der Waals surface area contributed by atoms with Gasteiger partial charge in [-0.05, 0) is 54.3 Å². The SMILES string of the molecule is CCCCCCc1csc(-c2cc(CCCCCC)c(N)s2)c1. The summed E-state index contributed by atoms with van der Waals surface area (Å²) in [4.78, 5) is 2.75. The van der Waals surface area contributed by atoms with E-state index in [4.69, 9.17) is 5.73 Å². The van der Waals surface area contributed by atoms with E-state index in [9.17, 15) is 0 Å². The smallest absolute Gasteiger partial charge is 0.0895 e. The molecule has 2 heterocycles. The lowest BCUT2D eigenvalue weighted by molar-refractivity contribution is 0.667. The molecule has 3 heteroatoms. The van der Waals surface area contributed by atoms with Crippen molar-refractivity contribution in [3.63, 3.8) is 0 Å². The van der Waals surface area contributed by atoms with Gasteiger partial charge in [-0.2, -0.15) is 0 Å². The monoisotopic (exact) mass is 349 g/mol. The number of hydrogen-bond acceptors (Lipinski definition) is 3. The van der Waals surface area contributed by atoms with Gasteiger partial charge in [0.15, 0.2) is 0 Å². The zero-order valence-corrected chi connectivity index (χ0v) is 16.3. The number of aryl methyl sites for hydroxylation is 2. The van der Waals surface area contributed by atoms with Gasteiger partial charge >= 0.3 is 0 Å². The highest BCUT2D eigenvalue weighted by Gasteiger charge is 2.10. The molecule has 0 bridgehead atoms. The van der Waals surface area contributed by atoms with Gasteiger partial charge in [-0.25, -0.2) is 0 Å². The van der Waals surface area contributed by atoms with Crippen LogP contribution in [-0.4, -0.2) is 0 Å². The molecule has 0 saturated heterocycles. The summed E-state index contributed by atoms with van der Waals surface area (Å²) >= 11 is 3.64. The molecular weight excluding hydrogens is 318 g/mol. The minimum atomic E-state index is 1.02. The topological polar surface area (TPSA) is 26.0 Å². The van der Waals surface area contributed by atoms with Crippen LogP contribution in [0.5, 0.6) is 0 Å². The molecule has 0 amide bonds. The molecule has 0 atom stereocenters. The van der Waals surface area contributed by atoms with Gasteiger partial charge in [0, 0.05) is 9.75 Å². The molecule has 0 aliphatic carbocycles. The standard InChI is InChI=1S/C20H31NS2/c1-3-5-7-9-11-16-13-18(22-15-16)19-14-17(20(21)23-19)12-10-8-6-4-2/h13-15H,3-12,21H2,1-2H3. The van der Waals surface area contributed by atoms with E-state index in [1.807, 2.05) is 11.3 Å². The Kier molecular flexibility index (Phi) is 8.18. The summed E-state index contributed by atoms with van der Waals surface area (Å²) in [6.45, 7) is 4.53. The quantitative estimate of drug-likeness (QED) is 0.423. The lowest BCUT2D eigenvalue weighted by atomic mass is 10.1. The van der Waals surface area contributed by atoms with Crippen LogP contribution < -0.4 is 5.73 Å². The molecule has 0 saturated carbocycles. The molecule has 0 aliphatic heterocycles. The Balaban J connectivity index is 1.90. The first kappa shape index (κ1) is 18.5. The fraction of sp³-hybridized carbons (Fsp3) is 0.600. The summed E-state index contributed by atoms with van der Waals surface area (Å²) in [7, 11) is 0. The van der Waals surface area contributed by atoms with Crippen molar-refractivity contribution in [1.29, 1.82) is 0 Å². The van der Waals surface area contributed by atoms with Gasteiger partial charge < -0.3 is 5.73 Å². The maximum atomic E-state index is 6.24. The van der Waals surface area contributed by atoms with Crippen LogP contribution in [0.4, 0.5) is 5.00 Å². The van der Waals surface area contributed by atoms with Crippen molar-refractivity contribution in [2.24, 2.45) is 0 Å². The summed E-state index contributed by atoms with van der Waals surface area (Å²) < 4.78 is 0. The van der Waals surface area contributed by atoms with Crippen molar-refractivity contribution in [2.45, 2.75) is 78.1 Å². The number of nitrogen functional groups attached to an aromatic ring is 1.